The van der Waals surface area contributed by atoms with E-state index in [0.717, 1.165) is 25.9 Å². The van der Waals surface area contributed by atoms with E-state index in [1.54, 1.807) is 24.3 Å². The van der Waals surface area contributed by atoms with Gasteiger partial charge in [0, 0.05) is 13.1 Å². The van der Waals surface area contributed by atoms with Gasteiger partial charge in [-0.2, -0.15) is 5.26 Å². The van der Waals surface area contributed by atoms with Crippen LogP contribution < -0.4 is 5.32 Å². The zero-order valence-electron chi connectivity index (χ0n) is 13.0. The predicted molar refractivity (Wildman–Crippen MR) is 96.6 cm³/mol. The van der Waals surface area contributed by atoms with E-state index < -0.39 is 18.5 Å². The Labute approximate surface area is 150 Å². The Balaban J connectivity index is 1.70. The van der Waals surface area contributed by atoms with E-state index in [2.05, 4.69) is 10.2 Å². The van der Waals surface area contributed by atoms with Gasteiger partial charge in [-0.3, -0.25) is 9.59 Å². The van der Waals surface area contributed by atoms with Gasteiger partial charge in [-0.15, -0.1) is 0 Å². The smallest absolute Gasteiger partial charge is 0.316 e. The maximum Gasteiger partial charge on any atom is 0.316 e. The maximum atomic E-state index is 11.8. The second-order valence-electron chi connectivity index (χ2n) is 5.11. The summed E-state index contributed by atoms with van der Waals surface area (Å²) in [5.41, 5.74) is 0.745. The summed E-state index contributed by atoms with van der Waals surface area (Å²) >= 11 is 6.51. The van der Waals surface area contributed by atoms with Gasteiger partial charge in [0.05, 0.1) is 17.0 Å². The fourth-order valence-electron chi connectivity index (χ4n) is 2.18. The molecule has 126 valence electrons. The molecule has 1 heterocycles. The summed E-state index contributed by atoms with van der Waals surface area (Å²) in [4.78, 5) is 25.6. The third-order valence-electron chi connectivity index (χ3n) is 3.36. The number of benzene rings is 1. The lowest BCUT2D eigenvalue weighted by molar-refractivity contribution is -0.144. The molecule has 0 spiro atoms. The van der Waals surface area contributed by atoms with Crippen LogP contribution in [-0.2, 0) is 14.3 Å². The van der Waals surface area contributed by atoms with Crippen molar-refractivity contribution < 1.29 is 14.3 Å². The van der Waals surface area contributed by atoms with E-state index in [1.165, 1.54) is 11.8 Å². The summed E-state index contributed by atoms with van der Waals surface area (Å²) in [5.74, 6) is -0.902. The minimum absolute atomic E-state index is 0.0807. The van der Waals surface area contributed by atoms with E-state index in [9.17, 15) is 9.59 Å². The first kappa shape index (κ1) is 18.2. The molecule has 2 rings (SSSR count). The van der Waals surface area contributed by atoms with E-state index in [-0.39, 0.29) is 5.75 Å². The molecule has 1 aromatic rings. The number of likely N-dealkylation sites (tertiary alicyclic amines) is 1. The first-order valence-electron chi connectivity index (χ1n) is 7.46. The molecule has 0 bridgehead atoms. The first-order valence-corrected chi connectivity index (χ1v) is 8.86. The molecule has 1 saturated heterocycles. The van der Waals surface area contributed by atoms with Gasteiger partial charge in [-0.25, -0.2) is 0 Å². The second-order valence-corrected chi connectivity index (χ2v) is 6.72. The number of hydrogen-bond acceptors (Lipinski definition) is 6. The molecule has 0 atom stereocenters. The molecule has 0 unspecified atom stereocenters. The number of para-hydroxylation sites is 1. The average molecular weight is 363 g/mol. The Kier molecular flexibility index (Phi) is 7.03. The zero-order chi connectivity index (χ0) is 17.4. The maximum absolute atomic E-state index is 11.8. The quantitative estimate of drug-likeness (QED) is 0.634. The van der Waals surface area contributed by atoms with Crippen molar-refractivity contribution in [2.24, 2.45) is 0 Å². The monoisotopic (exact) mass is 363 g/mol. The zero-order valence-corrected chi connectivity index (χ0v) is 14.6. The number of nitrogens with one attached hydrogen (secondary N) is 1. The Hall–Kier alpha value is -2.11. The highest BCUT2D eigenvalue weighted by molar-refractivity contribution is 8.23. The second kappa shape index (κ2) is 9.25. The number of hydrogen-bond donors (Lipinski definition) is 1. The number of esters is 1. The molecule has 1 aromatic carbocycles. The molecule has 0 aliphatic carbocycles. The molecule has 6 nitrogen and oxygen atoms in total. The van der Waals surface area contributed by atoms with Crippen LogP contribution in [0.3, 0.4) is 0 Å². The van der Waals surface area contributed by atoms with Gasteiger partial charge in [0.15, 0.2) is 6.61 Å². The first-order chi connectivity index (χ1) is 11.6. The van der Waals surface area contributed by atoms with Gasteiger partial charge in [0.2, 0.25) is 0 Å². The molecular weight excluding hydrogens is 346 g/mol. The number of nitrogens with zero attached hydrogens (tertiary/aromatic N) is 2. The van der Waals surface area contributed by atoms with Gasteiger partial charge in [0.25, 0.3) is 5.91 Å². The number of carbonyl (C=O) groups is 2. The van der Waals surface area contributed by atoms with Crippen molar-refractivity contribution in [3.8, 4) is 6.07 Å². The van der Waals surface area contributed by atoms with Crippen LogP contribution in [-0.4, -0.2) is 46.5 Å². The van der Waals surface area contributed by atoms with Crippen LogP contribution in [0, 0.1) is 11.3 Å². The van der Waals surface area contributed by atoms with E-state index >= 15 is 0 Å². The van der Waals surface area contributed by atoms with Crippen molar-refractivity contribution in [2.75, 3.05) is 30.8 Å². The van der Waals surface area contributed by atoms with E-state index in [4.69, 9.17) is 22.2 Å². The van der Waals surface area contributed by atoms with Crippen LogP contribution >= 0.6 is 24.0 Å². The standard InChI is InChI=1S/C16H17N3O3S2/c17-9-12-5-1-2-6-13(12)18-14(20)10-22-15(21)11-24-16(23)19-7-3-4-8-19/h1-2,5-6H,3-4,7-8,10-11H2,(H,18,20). The molecule has 1 fully saturated rings. The Morgan fingerprint density at radius 2 is 2.04 bits per heavy atom. The van der Waals surface area contributed by atoms with Crippen molar-refractivity contribution in [3.05, 3.63) is 29.8 Å². The summed E-state index contributed by atoms with van der Waals surface area (Å²) in [6, 6.07) is 8.60. The summed E-state index contributed by atoms with van der Waals surface area (Å²) in [6.45, 7) is 1.47. The van der Waals surface area contributed by atoms with Gasteiger partial charge in [-0.05, 0) is 25.0 Å². The number of nitriles is 1. The molecule has 0 radical (unpaired) electrons. The highest BCUT2D eigenvalue weighted by Gasteiger charge is 2.17. The van der Waals surface area contributed by atoms with Crippen molar-refractivity contribution in [1.29, 1.82) is 5.26 Å². The minimum Gasteiger partial charge on any atom is -0.455 e. The van der Waals surface area contributed by atoms with Gasteiger partial charge < -0.3 is 15.0 Å². The predicted octanol–water partition coefficient (Wildman–Crippen LogP) is 2.15. The third kappa shape index (κ3) is 5.51. The Bertz CT molecular complexity index is 667. The molecule has 24 heavy (non-hydrogen) atoms. The number of carbonyl (C=O) groups excluding carboxylic acids is 2. The molecule has 0 aromatic heterocycles. The summed E-state index contributed by atoms with van der Waals surface area (Å²) in [6.07, 6.45) is 2.24. The van der Waals surface area contributed by atoms with Crippen molar-refractivity contribution in [1.82, 2.24) is 4.90 Å². The number of ether oxygens (including phenoxy) is 1. The average Bonchev–Trinajstić information content (AvgIpc) is 3.13. The largest absolute Gasteiger partial charge is 0.455 e. The molecule has 8 heteroatoms. The molecule has 1 aliphatic heterocycles. The lowest BCUT2D eigenvalue weighted by Gasteiger charge is -2.17. The molecule has 1 amide bonds. The SMILES string of the molecule is N#Cc1ccccc1NC(=O)COC(=O)CSC(=S)N1CCCC1. The molecule has 1 N–H and O–H groups in total. The topological polar surface area (TPSA) is 82.4 Å². The fourth-order valence-corrected chi connectivity index (χ4v) is 3.22. The number of amides is 1. The normalized spacial score (nSPS) is 13.2. The van der Waals surface area contributed by atoms with Gasteiger partial charge in [0.1, 0.15) is 10.4 Å². The van der Waals surface area contributed by atoms with Crippen molar-refractivity contribution >= 4 is 45.9 Å². The summed E-state index contributed by atoms with van der Waals surface area (Å²) < 4.78 is 5.62. The third-order valence-corrected chi connectivity index (χ3v) is 4.86. The summed E-state index contributed by atoms with van der Waals surface area (Å²) in [7, 11) is 0. The van der Waals surface area contributed by atoms with Crippen LogP contribution in [0.1, 0.15) is 18.4 Å². The lowest BCUT2D eigenvalue weighted by atomic mass is 10.2. The van der Waals surface area contributed by atoms with Crippen LogP contribution in [0.25, 0.3) is 0 Å². The van der Waals surface area contributed by atoms with Gasteiger partial charge in [-0.1, -0.05) is 36.1 Å². The van der Waals surface area contributed by atoms with Crippen molar-refractivity contribution in [2.45, 2.75) is 12.8 Å². The number of thioether (sulfide) groups is 1. The Morgan fingerprint density at radius 3 is 2.75 bits per heavy atom. The van der Waals surface area contributed by atoms with E-state index in [1.807, 2.05) is 6.07 Å². The van der Waals surface area contributed by atoms with Crippen LogP contribution in [0.2, 0.25) is 0 Å². The van der Waals surface area contributed by atoms with Crippen LogP contribution in [0.5, 0.6) is 0 Å². The van der Waals surface area contributed by atoms with Crippen LogP contribution in [0.4, 0.5) is 5.69 Å². The number of rotatable bonds is 5. The fraction of sp³-hybridized carbons (Fsp3) is 0.375. The highest BCUT2D eigenvalue weighted by atomic mass is 32.2. The summed E-state index contributed by atoms with van der Waals surface area (Å²) in [5, 5.41) is 11.5. The van der Waals surface area contributed by atoms with E-state index in [0.29, 0.717) is 15.6 Å². The molecular formula is C16H17N3O3S2. The van der Waals surface area contributed by atoms with Crippen molar-refractivity contribution in [3.63, 3.8) is 0 Å². The molecule has 1 aliphatic rings. The highest BCUT2D eigenvalue weighted by Crippen LogP contribution is 2.16. The Morgan fingerprint density at radius 1 is 1.33 bits per heavy atom. The van der Waals surface area contributed by atoms with Gasteiger partial charge >= 0.3 is 5.97 Å². The lowest BCUT2D eigenvalue weighted by Crippen LogP contribution is -2.25. The number of thiocarbonyl (C=S) groups is 1. The number of anilines is 1. The molecule has 0 saturated carbocycles. The minimum atomic E-state index is -0.495. The van der Waals surface area contributed by atoms with Crippen LogP contribution in [0.15, 0.2) is 24.3 Å².